The van der Waals surface area contributed by atoms with Crippen LogP contribution in [0.15, 0.2) is 18.2 Å². The summed E-state index contributed by atoms with van der Waals surface area (Å²) in [7, 11) is 0. The number of nitrogens with zero attached hydrogens (tertiary/aromatic N) is 1. The van der Waals surface area contributed by atoms with Crippen molar-refractivity contribution in [3.8, 4) is 5.75 Å². The first-order chi connectivity index (χ1) is 13.4. The van der Waals surface area contributed by atoms with Gasteiger partial charge in [0.05, 0.1) is 12.1 Å². The van der Waals surface area contributed by atoms with Crippen molar-refractivity contribution in [2.75, 3.05) is 6.54 Å². The zero-order valence-electron chi connectivity index (χ0n) is 16.4. The summed E-state index contributed by atoms with van der Waals surface area (Å²) < 4.78 is 5.74. The van der Waals surface area contributed by atoms with Crippen LogP contribution in [0.1, 0.15) is 63.1 Å². The molecule has 1 heterocycles. The minimum Gasteiger partial charge on any atom is -0.491 e. The van der Waals surface area contributed by atoms with Crippen LogP contribution in [0.2, 0.25) is 0 Å². The maximum Gasteiger partial charge on any atom is 0.325 e. The highest BCUT2D eigenvalue weighted by Crippen LogP contribution is 2.36. The molecule has 7 heteroatoms. The number of aryl methyl sites for hydroxylation is 1. The number of hydrogen-bond donors (Lipinski definition) is 2. The monoisotopic (exact) mass is 385 g/mol. The summed E-state index contributed by atoms with van der Waals surface area (Å²) in [5, 5.41) is 5.80. The van der Waals surface area contributed by atoms with Crippen molar-refractivity contribution in [2.45, 2.75) is 70.1 Å². The number of benzene rings is 1. The highest BCUT2D eigenvalue weighted by atomic mass is 16.5. The second-order valence-electron chi connectivity index (χ2n) is 8.30. The Morgan fingerprint density at radius 3 is 2.79 bits per heavy atom. The number of amides is 4. The van der Waals surface area contributed by atoms with Gasteiger partial charge in [-0.2, -0.15) is 0 Å². The van der Waals surface area contributed by atoms with E-state index in [2.05, 4.69) is 10.6 Å². The Balaban J connectivity index is 1.39. The largest absolute Gasteiger partial charge is 0.491 e. The normalized spacial score (nSPS) is 22.7. The third-order valence-corrected chi connectivity index (χ3v) is 5.90. The first-order valence-corrected chi connectivity index (χ1v) is 10.1. The SMILES string of the molecule is CC(C)Oc1ccc2c(c1)CCC2NC(=O)CN1C(=O)NC2(CCCC2)C1=O. The molecule has 0 aromatic heterocycles. The molecule has 1 unspecified atom stereocenters. The van der Waals surface area contributed by atoms with E-state index >= 15 is 0 Å². The third-order valence-electron chi connectivity index (χ3n) is 5.90. The lowest BCUT2D eigenvalue weighted by Gasteiger charge is -2.20. The van der Waals surface area contributed by atoms with Crippen LogP contribution in [-0.4, -0.2) is 40.9 Å². The minimum atomic E-state index is -0.774. The van der Waals surface area contributed by atoms with Crippen LogP contribution in [-0.2, 0) is 16.0 Å². The number of carbonyl (C=O) groups excluding carboxylic acids is 3. The summed E-state index contributed by atoms with van der Waals surface area (Å²) in [4.78, 5) is 38.6. The van der Waals surface area contributed by atoms with Gasteiger partial charge in [0.2, 0.25) is 5.91 Å². The molecule has 1 spiro atoms. The fourth-order valence-electron chi connectivity index (χ4n) is 4.61. The van der Waals surface area contributed by atoms with Gasteiger partial charge < -0.3 is 15.4 Å². The molecule has 2 N–H and O–H groups in total. The molecule has 1 atom stereocenters. The molecule has 4 rings (SSSR count). The van der Waals surface area contributed by atoms with Crippen molar-refractivity contribution in [3.05, 3.63) is 29.3 Å². The van der Waals surface area contributed by atoms with Gasteiger partial charge in [0.15, 0.2) is 0 Å². The van der Waals surface area contributed by atoms with Gasteiger partial charge in [0, 0.05) is 0 Å². The van der Waals surface area contributed by atoms with Gasteiger partial charge in [-0.25, -0.2) is 4.79 Å². The summed E-state index contributed by atoms with van der Waals surface area (Å²) in [6.45, 7) is 3.75. The average molecular weight is 385 g/mol. The van der Waals surface area contributed by atoms with E-state index in [1.807, 2.05) is 32.0 Å². The van der Waals surface area contributed by atoms with Crippen LogP contribution < -0.4 is 15.4 Å². The van der Waals surface area contributed by atoms with E-state index in [1.54, 1.807) is 0 Å². The van der Waals surface area contributed by atoms with Crippen LogP contribution in [0.4, 0.5) is 4.79 Å². The predicted octanol–water partition coefficient (Wildman–Crippen LogP) is 2.44. The molecule has 4 amide bonds. The Morgan fingerprint density at radius 2 is 2.07 bits per heavy atom. The number of fused-ring (bicyclic) bond motifs is 1. The maximum atomic E-state index is 12.7. The van der Waals surface area contributed by atoms with E-state index in [1.165, 1.54) is 5.56 Å². The Labute approximate surface area is 164 Å². The molecular weight excluding hydrogens is 358 g/mol. The van der Waals surface area contributed by atoms with Crippen molar-refractivity contribution < 1.29 is 19.1 Å². The molecule has 28 heavy (non-hydrogen) atoms. The Bertz CT molecular complexity index is 814. The smallest absolute Gasteiger partial charge is 0.325 e. The molecule has 1 aromatic carbocycles. The van der Waals surface area contributed by atoms with Gasteiger partial charge >= 0.3 is 6.03 Å². The molecule has 0 bridgehead atoms. The molecule has 1 aromatic rings. The molecule has 150 valence electrons. The summed E-state index contributed by atoms with van der Waals surface area (Å²) in [6.07, 6.45) is 4.94. The van der Waals surface area contributed by atoms with Crippen LogP contribution in [0.25, 0.3) is 0 Å². The molecular formula is C21H27N3O4. The lowest BCUT2D eigenvalue weighted by atomic mass is 9.98. The topological polar surface area (TPSA) is 87.7 Å². The van der Waals surface area contributed by atoms with E-state index in [9.17, 15) is 14.4 Å². The molecule has 3 aliphatic rings. The molecule has 1 aliphatic heterocycles. The number of ether oxygens (including phenoxy) is 1. The summed E-state index contributed by atoms with van der Waals surface area (Å²) in [6, 6.07) is 5.39. The van der Waals surface area contributed by atoms with E-state index in [0.717, 1.165) is 41.9 Å². The number of carbonyl (C=O) groups is 3. The highest BCUT2D eigenvalue weighted by Gasteiger charge is 2.52. The van der Waals surface area contributed by atoms with Crippen molar-refractivity contribution in [3.63, 3.8) is 0 Å². The van der Waals surface area contributed by atoms with Crippen molar-refractivity contribution >= 4 is 17.8 Å². The average Bonchev–Trinajstić information content (AvgIpc) is 3.31. The van der Waals surface area contributed by atoms with Crippen molar-refractivity contribution in [1.82, 2.24) is 15.5 Å². The molecule has 7 nitrogen and oxygen atoms in total. The van der Waals surface area contributed by atoms with Crippen LogP contribution in [0, 0.1) is 0 Å². The standard InChI is InChI=1S/C21H27N3O4/c1-13(2)28-15-6-7-16-14(11-15)5-8-17(16)22-18(25)12-24-19(26)21(23-20(24)27)9-3-4-10-21/h6-7,11,13,17H,3-5,8-10,12H2,1-2H3,(H,22,25)(H,23,27). The number of nitrogens with one attached hydrogen (secondary N) is 2. The van der Waals surface area contributed by atoms with Gasteiger partial charge in [-0.15, -0.1) is 0 Å². The third kappa shape index (κ3) is 3.34. The van der Waals surface area contributed by atoms with E-state index in [4.69, 9.17) is 4.74 Å². The van der Waals surface area contributed by atoms with Gasteiger partial charge in [-0.05, 0) is 62.8 Å². The Hall–Kier alpha value is -2.57. The quantitative estimate of drug-likeness (QED) is 0.762. The zero-order chi connectivity index (χ0) is 19.9. The van der Waals surface area contributed by atoms with E-state index < -0.39 is 11.6 Å². The summed E-state index contributed by atoms with van der Waals surface area (Å²) in [5.74, 6) is 0.272. The van der Waals surface area contributed by atoms with Crippen LogP contribution in [0.3, 0.4) is 0 Å². The molecule has 1 saturated heterocycles. The zero-order valence-corrected chi connectivity index (χ0v) is 16.4. The molecule has 2 fully saturated rings. The van der Waals surface area contributed by atoms with Gasteiger partial charge in [-0.1, -0.05) is 18.9 Å². The van der Waals surface area contributed by atoms with Crippen LogP contribution >= 0.6 is 0 Å². The van der Waals surface area contributed by atoms with Crippen molar-refractivity contribution in [2.24, 2.45) is 0 Å². The second kappa shape index (κ2) is 7.11. The lowest BCUT2D eigenvalue weighted by molar-refractivity contribution is -0.135. The molecule has 2 aliphatic carbocycles. The Morgan fingerprint density at radius 1 is 1.32 bits per heavy atom. The molecule has 1 saturated carbocycles. The number of hydrogen-bond acceptors (Lipinski definition) is 4. The molecule has 0 radical (unpaired) electrons. The maximum absolute atomic E-state index is 12.7. The van der Waals surface area contributed by atoms with Gasteiger partial charge in [0.1, 0.15) is 17.8 Å². The number of imide groups is 1. The minimum absolute atomic E-state index is 0.100. The summed E-state index contributed by atoms with van der Waals surface area (Å²) in [5.41, 5.74) is 1.47. The first kappa shape index (κ1) is 18.8. The fraction of sp³-hybridized carbons (Fsp3) is 0.571. The number of rotatable bonds is 5. The van der Waals surface area contributed by atoms with Crippen LogP contribution in [0.5, 0.6) is 5.75 Å². The summed E-state index contributed by atoms with van der Waals surface area (Å²) >= 11 is 0. The van der Waals surface area contributed by atoms with Gasteiger partial charge in [0.25, 0.3) is 5.91 Å². The number of urea groups is 1. The van der Waals surface area contributed by atoms with E-state index in [-0.39, 0.29) is 30.5 Å². The lowest BCUT2D eigenvalue weighted by Crippen LogP contribution is -2.45. The van der Waals surface area contributed by atoms with Gasteiger partial charge in [-0.3, -0.25) is 14.5 Å². The van der Waals surface area contributed by atoms with Crippen molar-refractivity contribution in [1.29, 1.82) is 0 Å². The first-order valence-electron chi connectivity index (χ1n) is 10.1. The highest BCUT2D eigenvalue weighted by molar-refractivity contribution is 6.09. The fourth-order valence-corrected chi connectivity index (χ4v) is 4.61. The Kier molecular flexibility index (Phi) is 4.77. The van der Waals surface area contributed by atoms with E-state index in [0.29, 0.717) is 12.8 Å². The second-order valence-corrected chi connectivity index (χ2v) is 8.30. The predicted molar refractivity (Wildman–Crippen MR) is 103 cm³/mol.